The molecule has 1 aromatic rings. The summed E-state index contributed by atoms with van der Waals surface area (Å²) in [6.45, 7) is 3.55. The highest BCUT2D eigenvalue weighted by Crippen LogP contribution is 2.31. The average molecular weight is 279 g/mol. The van der Waals surface area contributed by atoms with Crippen LogP contribution in [0.25, 0.3) is 0 Å². The Balaban J connectivity index is 1.92. The van der Waals surface area contributed by atoms with E-state index in [2.05, 4.69) is 36.5 Å². The van der Waals surface area contributed by atoms with Crippen molar-refractivity contribution in [3.8, 4) is 0 Å². The predicted octanol–water partition coefficient (Wildman–Crippen LogP) is 3.36. The highest BCUT2D eigenvalue weighted by Gasteiger charge is 2.20. The first-order valence-electron chi connectivity index (χ1n) is 7.35. The van der Waals surface area contributed by atoms with Crippen molar-refractivity contribution in [2.75, 3.05) is 18.9 Å². The monoisotopic (exact) mass is 279 g/mol. The molecule has 2 unspecified atom stereocenters. The molecule has 2 N–H and O–H groups in total. The SMILES string of the molecule is CCCC(CCO)CNC1CSCc2ccccc21. The molecule has 1 aliphatic heterocycles. The van der Waals surface area contributed by atoms with E-state index in [1.807, 2.05) is 11.8 Å². The molecule has 0 bridgehead atoms. The van der Waals surface area contributed by atoms with Gasteiger partial charge in [-0.25, -0.2) is 0 Å². The summed E-state index contributed by atoms with van der Waals surface area (Å²) >= 11 is 2.01. The van der Waals surface area contributed by atoms with Gasteiger partial charge in [0, 0.05) is 24.2 Å². The van der Waals surface area contributed by atoms with Crippen LogP contribution in [0.4, 0.5) is 0 Å². The van der Waals surface area contributed by atoms with E-state index in [1.165, 1.54) is 24.0 Å². The first kappa shape index (κ1) is 14.9. The first-order valence-corrected chi connectivity index (χ1v) is 8.50. The molecule has 1 aromatic carbocycles. The molecule has 2 rings (SSSR count). The van der Waals surface area contributed by atoms with Gasteiger partial charge >= 0.3 is 0 Å². The van der Waals surface area contributed by atoms with Gasteiger partial charge in [-0.2, -0.15) is 11.8 Å². The summed E-state index contributed by atoms with van der Waals surface area (Å²) in [6.07, 6.45) is 3.32. The fourth-order valence-electron chi connectivity index (χ4n) is 2.80. The van der Waals surface area contributed by atoms with Crippen LogP contribution in [-0.2, 0) is 5.75 Å². The molecule has 1 heterocycles. The number of rotatable bonds is 7. The molecule has 19 heavy (non-hydrogen) atoms. The van der Waals surface area contributed by atoms with E-state index in [4.69, 9.17) is 5.11 Å². The molecule has 0 aromatic heterocycles. The molecular formula is C16H25NOS. The van der Waals surface area contributed by atoms with Gasteiger partial charge in [-0.05, 0) is 36.4 Å². The molecule has 0 saturated carbocycles. The van der Waals surface area contributed by atoms with Crippen molar-refractivity contribution in [3.63, 3.8) is 0 Å². The second-order valence-corrected chi connectivity index (χ2v) is 6.37. The lowest BCUT2D eigenvalue weighted by atomic mass is 9.98. The predicted molar refractivity (Wildman–Crippen MR) is 83.4 cm³/mol. The van der Waals surface area contributed by atoms with Gasteiger partial charge in [-0.3, -0.25) is 0 Å². The fourth-order valence-corrected chi connectivity index (χ4v) is 3.93. The molecule has 2 atom stereocenters. The van der Waals surface area contributed by atoms with Crippen LogP contribution >= 0.6 is 11.8 Å². The van der Waals surface area contributed by atoms with Gasteiger partial charge in [-0.1, -0.05) is 37.6 Å². The Morgan fingerprint density at radius 1 is 1.37 bits per heavy atom. The Labute approximate surface area is 121 Å². The standard InChI is InChI=1S/C16H25NOS/c1-2-5-13(8-9-18)10-17-16-12-19-11-14-6-3-4-7-15(14)16/h3-4,6-7,13,16-18H,2,5,8-12H2,1H3. The molecule has 106 valence electrons. The number of aliphatic hydroxyl groups excluding tert-OH is 1. The van der Waals surface area contributed by atoms with Crippen LogP contribution in [0.3, 0.4) is 0 Å². The summed E-state index contributed by atoms with van der Waals surface area (Å²) in [6, 6.07) is 9.25. The van der Waals surface area contributed by atoms with Crippen LogP contribution in [0.2, 0.25) is 0 Å². The third kappa shape index (κ3) is 4.23. The molecule has 3 heteroatoms. The summed E-state index contributed by atoms with van der Waals surface area (Å²) in [5, 5.41) is 12.8. The third-order valence-electron chi connectivity index (χ3n) is 3.86. The van der Waals surface area contributed by atoms with E-state index < -0.39 is 0 Å². The Kier molecular flexibility index (Phi) is 6.21. The molecule has 0 fully saturated rings. The minimum absolute atomic E-state index is 0.308. The minimum atomic E-state index is 0.308. The topological polar surface area (TPSA) is 32.3 Å². The molecule has 2 nitrogen and oxygen atoms in total. The highest BCUT2D eigenvalue weighted by atomic mass is 32.2. The van der Waals surface area contributed by atoms with Crippen LogP contribution in [0.1, 0.15) is 43.4 Å². The Hall–Kier alpha value is -0.510. The van der Waals surface area contributed by atoms with Crippen molar-refractivity contribution >= 4 is 11.8 Å². The highest BCUT2D eigenvalue weighted by molar-refractivity contribution is 7.98. The maximum absolute atomic E-state index is 9.13. The van der Waals surface area contributed by atoms with Crippen LogP contribution in [0.15, 0.2) is 24.3 Å². The quantitative estimate of drug-likeness (QED) is 0.802. The van der Waals surface area contributed by atoms with E-state index in [9.17, 15) is 0 Å². The van der Waals surface area contributed by atoms with Crippen LogP contribution < -0.4 is 5.32 Å². The van der Waals surface area contributed by atoms with Crippen molar-refractivity contribution in [1.82, 2.24) is 5.32 Å². The van der Waals surface area contributed by atoms with Gasteiger partial charge < -0.3 is 10.4 Å². The number of thioether (sulfide) groups is 1. The van der Waals surface area contributed by atoms with E-state index in [1.54, 1.807) is 0 Å². The minimum Gasteiger partial charge on any atom is -0.396 e. The van der Waals surface area contributed by atoms with Crippen molar-refractivity contribution in [3.05, 3.63) is 35.4 Å². The number of aliphatic hydroxyl groups is 1. The summed E-state index contributed by atoms with van der Waals surface area (Å²) in [7, 11) is 0. The Morgan fingerprint density at radius 2 is 2.21 bits per heavy atom. The molecule has 1 aliphatic rings. The van der Waals surface area contributed by atoms with Crippen molar-refractivity contribution in [1.29, 1.82) is 0 Å². The lowest BCUT2D eigenvalue weighted by Crippen LogP contribution is -2.31. The Bertz CT molecular complexity index is 377. The molecule has 0 saturated heterocycles. The second-order valence-electron chi connectivity index (χ2n) is 5.34. The van der Waals surface area contributed by atoms with Gasteiger partial charge in [0.2, 0.25) is 0 Å². The lowest BCUT2D eigenvalue weighted by molar-refractivity contribution is 0.246. The largest absolute Gasteiger partial charge is 0.396 e. The van der Waals surface area contributed by atoms with E-state index in [-0.39, 0.29) is 0 Å². The maximum atomic E-state index is 9.13. The molecule has 0 spiro atoms. The lowest BCUT2D eigenvalue weighted by Gasteiger charge is -2.28. The van der Waals surface area contributed by atoms with Crippen molar-refractivity contribution in [2.24, 2.45) is 5.92 Å². The van der Waals surface area contributed by atoms with Gasteiger partial charge in [0.25, 0.3) is 0 Å². The first-order chi connectivity index (χ1) is 9.35. The zero-order chi connectivity index (χ0) is 13.5. The fraction of sp³-hybridized carbons (Fsp3) is 0.625. The summed E-state index contributed by atoms with van der Waals surface area (Å²) < 4.78 is 0. The second kappa shape index (κ2) is 7.93. The normalized spacial score (nSPS) is 20.0. The van der Waals surface area contributed by atoms with Gasteiger partial charge in [0.15, 0.2) is 0 Å². The van der Waals surface area contributed by atoms with Crippen LogP contribution in [0.5, 0.6) is 0 Å². The molecule has 0 amide bonds. The van der Waals surface area contributed by atoms with Gasteiger partial charge in [0.05, 0.1) is 0 Å². The summed E-state index contributed by atoms with van der Waals surface area (Å²) in [5.74, 6) is 2.91. The number of hydrogen-bond donors (Lipinski definition) is 2. The summed E-state index contributed by atoms with van der Waals surface area (Å²) in [5.41, 5.74) is 2.95. The number of benzene rings is 1. The number of nitrogens with one attached hydrogen (secondary N) is 1. The zero-order valence-electron chi connectivity index (χ0n) is 11.8. The van der Waals surface area contributed by atoms with E-state index in [0.29, 0.717) is 18.6 Å². The van der Waals surface area contributed by atoms with Gasteiger partial charge in [-0.15, -0.1) is 0 Å². The number of hydrogen-bond acceptors (Lipinski definition) is 3. The molecule has 0 radical (unpaired) electrons. The van der Waals surface area contributed by atoms with Crippen molar-refractivity contribution < 1.29 is 5.11 Å². The Morgan fingerprint density at radius 3 is 3.00 bits per heavy atom. The zero-order valence-corrected chi connectivity index (χ0v) is 12.6. The average Bonchev–Trinajstić information content (AvgIpc) is 2.45. The smallest absolute Gasteiger partial charge is 0.0434 e. The molecular weight excluding hydrogens is 254 g/mol. The maximum Gasteiger partial charge on any atom is 0.0434 e. The van der Waals surface area contributed by atoms with E-state index >= 15 is 0 Å². The van der Waals surface area contributed by atoms with Crippen LogP contribution in [-0.4, -0.2) is 24.0 Å². The van der Waals surface area contributed by atoms with Gasteiger partial charge in [0.1, 0.15) is 0 Å². The van der Waals surface area contributed by atoms with Crippen molar-refractivity contribution in [2.45, 2.75) is 38.0 Å². The third-order valence-corrected chi connectivity index (χ3v) is 4.94. The number of fused-ring (bicyclic) bond motifs is 1. The van der Waals surface area contributed by atoms with E-state index in [0.717, 1.165) is 24.5 Å². The van der Waals surface area contributed by atoms with Crippen LogP contribution in [0, 0.1) is 5.92 Å². The summed E-state index contributed by atoms with van der Waals surface area (Å²) in [4.78, 5) is 0. The molecule has 0 aliphatic carbocycles.